The van der Waals surface area contributed by atoms with Gasteiger partial charge < -0.3 is 0 Å². The van der Waals surface area contributed by atoms with Crippen molar-refractivity contribution in [2.24, 2.45) is 0 Å². The summed E-state index contributed by atoms with van der Waals surface area (Å²) < 4.78 is 137. The average molecular weight is 395 g/mol. The highest BCUT2D eigenvalue weighted by molar-refractivity contribution is 6.28. The lowest BCUT2D eigenvalue weighted by Gasteiger charge is -1.98. The smallest absolute Gasteiger partial charge is 0.216 e. The molecule has 0 spiro atoms. The van der Waals surface area contributed by atoms with Crippen LogP contribution in [0.2, 0.25) is 0 Å². The van der Waals surface area contributed by atoms with Crippen molar-refractivity contribution in [3.05, 3.63) is 48.6 Å². The molecular formula is C9H4ClF13. The quantitative estimate of drug-likeness (QED) is 0.370. The monoisotopic (exact) mass is 394 g/mol. The van der Waals surface area contributed by atoms with Gasteiger partial charge >= 0.3 is 18.3 Å². The molecule has 0 aliphatic rings. The molecule has 0 rings (SSSR count). The molecular weight excluding hydrogens is 391 g/mol. The molecule has 0 saturated heterocycles. The van der Waals surface area contributed by atoms with Gasteiger partial charge in [0.1, 0.15) is 0 Å². The van der Waals surface area contributed by atoms with Crippen molar-refractivity contribution in [2.75, 3.05) is 0 Å². The zero-order valence-corrected chi connectivity index (χ0v) is 10.9. The van der Waals surface area contributed by atoms with Gasteiger partial charge in [-0.05, 0) is 11.6 Å². The fourth-order valence-corrected chi connectivity index (χ4v) is 0.107. The summed E-state index contributed by atoms with van der Waals surface area (Å²) in [5.74, 6) is -3.33. The lowest BCUT2D eigenvalue weighted by atomic mass is 10.6. The number of alkyl halides is 3. The van der Waals surface area contributed by atoms with Crippen LogP contribution < -0.4 is 0 Å². The van der Waals surface area contributed by atoms with E-state index >= 15 is 0 Å². The second kappa shape index (κ2) is 16.7. The third-order valence-corrected chi connectivity index (χ3v) is 0.783. The Bertz CT molecular complexity index is 380. The van der Waals surface area contributed by atoms with E-state index in [0.717, 1.165) is 0 Å². The number of allylic oxidation sites excluding steroid dienone is 1. The van der Waals surface area contributed by atoms with Gasteiger partial charge in [0, 0.05) is 0 Å². The van der Waals surface area contributed by atoms with Crippen LogP contribution in [0.4, 0.5) is 57.1 Å². The molecule has 0 aliphatic heterocycles. The van der Waals surface area contributed by atoms with Gasteiger partial charge in [0.25, 0.3) is 17.2 Å². The lowest BCUT2D eigenvalue weighted by Crippen LogP contribution is -2.08. The van der Waals surface area contributed by atoms with Gasteiger partial charge in [-0.1, -0.05) is 6.58 Å². The summed E-state index contributed by atoms with van der Waals surface area (Å²) in [4.78, 5) is 0. The first-order valence-corrected chi connectivity index (χ1v) is 4.53. The van der Waals surface area contributed by atoms with Crippen molar-refractivity contribution < 1.29 is 57.1 Å². The van der Waals surface area contributed by atoms with Crippen LogP contribution in [0.5, 0.6) is 0 Å². The van der Waals surface area contributed by atoms with Crippen molar-refractivity contribution in [1.82, 2.24) is 0 Å². The highest BCUT2D eigenvalue weighted by Crippen LogP contribution is 2.29. The fraction of sp³-hybridized carbons (Fsp3) is 0.111. The molecule has 0 aromatic rings. The lowest BCUT2D eigenvalue weighted by molar-refractivity contribution is -0.113. The largest absolute Gasteiger partial charge is 0.448 e. The van der Waals surface area contributed by atoms with Gasteiger partial charge in [0.15, 0.2) is 6.33 Å². The van der Waals surface area contributed by atoms with E-state index in [1.807, 2.05) is 0 Å². The minimum absolute atomic E-state index is 0.250. The van der Waals surface area contributed by atoms with Crippen LogP contribution in [0.3, 0.4) is 0 Å². The Morgan fingerprint density at radius 3 is 1.00 bits per heavy atom. The molecule has 0 nitrogen and oxygen atoms in total. The molecule has 0 aromatic heterocycles. The average Bonchev–Trinajstić information content (AvgIpc) is 2.38. The molecule has 0 aliphatic carbocycles. The Hall–Kier alpha value is -1.66. The maximum Gasteiger partial charge on any atom is 0.448 e. The van der Waals surface area contributed by atoms with Gasteiger partial charge in [0.05, 0.1) is 6.33 Å². The summed E-state index contributed by atoms with van der Waals surface area (Å²) in [5, 5.41) is -1.94. The topological polar surface area (TPSA) is 0 Å². The van der Waals surface area contributed by atoms with E-state index in [1.54, 1.807) is 0 Å². The summed E-state index contributed by atoms with van der Waals surface area (Å²) in [7, 11) is 0. The van der Waals surface area contributed by atoms with E-state index < -0.39 is 41.9 Å². The minimum Gasteiger partial charge on any atom is -0.216 e. The summed E-state index contributed by atoms with van der Waals surface area (Å²) in [6.07, 6.45) is -14.2. The molecule has 23 heavy (non-hydrogen) atoms. The zero-order chi connectivity index (χ0) is 19.8. The predicted octanol–water partition coefficient (Wildman–Crippen LogP) is 7.68. The van der Waals surface area contributed by atoms with Crippen molar-refractivity contribution in [1.29, 1.82) is 0 Å². The van der Waals surface area contributed by atoms with E-state index in [4.69, 9.17) is 0 Å². The molecule has 0 amide bonds. The Kier molecular flexibility index (Phi) is 21.3. The number of hydrogen-bond donors (Lipinski definition) is 0. The third-order valence-electron chi connectivity index (χ3n) is 0.640. The maximum absolute atomic E-state index is 11.0. The van der Waals surface area contributed by atoms with Crippen LogP contribution in [-0.2, 0) is 0 Å². The van der Waals surface area contributed by atoms with Crippen LogP contribution >= 0.6 is 11.6 Å². The summed E-state index contributed by atoms with van der Waals surface area (Å²) in [5.41, 5.74) is 0. The normalized spacial score (nSPS) is 8.61. The van der Waals surface area contributed by atoms with Crippen LogP contribution in [0.15, 0.2) is 48.6 Å². The molecule has 0 unspecified atom stereocenters. The van der Waals surface area contributed by atoms with E-state index in [1.165, 1.54) is 0 Å². The predicted molar refractivity (Wildman–Crippen MR) is 55.3 cm³/mol. The van der Waals surface area contributed by atoms with Crippen LogP contribution in [0, 0.1) is 0 Å². The Balaban J connectivity index is -0.000000113. The van der Waals surface area contributed by atoms with Gasteiger partial charge in [0.2, 0.25) is 0 Å². The highest BCUT2D eigenvalue weighted by Gasteiger charge is 2.38. The first-order chi connectivity index (χ1) is 10.2. The summed E-state index contributed by atoms with van der Waals surface area (Å²) in [6.45, 7) is 2.69. The number of rotatable bonds is 0. The third kappa shape index (κ3) is 33.3. The highest BCUT2D eigenvalue weighted by atomic mass is 35.5. The van der Waals surface area contributed by atoms with Crippen molar-refractivity contribution in [2.45, 2.75) is 6.18 Å². The molecule has 0 fully saturated rings. The van der Waals surface area contributed by atoms with Crippen LogP contribution in [0.1, 0.15) is 0 Å². The summed E-state index contributed by atoms with van der Waals surface area (Å²) >= 11 is 4.08. The zero-order valence-electron chi connectivity index (χ0n) is 10.2. The van der Waals surface area contributed by atoms with Crippen molar-refractivity contribution in [3.8, 4) is 0 Å². The molecule has 14 heteroatoms. The van der Waals surface area contributed by atoms with E-state index in [-0.39, 0.29) is 6.33 Å². The van der Waals surface area contributed by atoms with Crippen molar-refractivity contribution >= 4 is 11.6 Å². The Morgan fingerprint density at radius 1 is 0.783 bits per heavy atom. The standard InChI is InChI=1S/C3F6.C2ClF3.C2HF3.C2H3F/c4-1(2(5)6)3(7,8)9;3-1(4)2(5)6;3-1-2(4)5;1-2-3/h;;1H;2H,1H2. The molecule has 0 heterocycles. The summed E-state index contributed by atoms with van der Waals surface area (Å²) in [6, 6.07) is 0. The molecule has 138 valence electrons. The molecule has 0 saturated carbocycles. The van der Waals surface area contributed by atoms with E-state index in [0.29, 0.717) is 0 Å². The van der Waals surface area contributed by atoms with Gasteiger partial charge in [-0.15, -0.1) is 0 Å². The maximum atomic E-state index is 11.0. The molecule has 0 atom stereocenters. The Morgan fingerprint density at radius 2 is 1.00 bits per heavy atom. The second-order valence-electron chi connectivity index (χ2n) is 2.15. The number of hydrogen-bond acceptors (Lipinski definition) is 0. The van der Waals surface area contributed by atoms with Crippen molar-refractivity contribution in [3.63, 3.8) is 0 Å². The minimum atomic E-state index is -5.56. The van der Waals surface area contributed by atoms with Gasteiger partial charge in [-0.3, -0.25) is 0 Å². The second-order valence-corrected chi connectivity index (χ2v) is 2.48. The molecule has 0 N–H and O–H groups in total. The molecule has 0 bridgehead atoms. The van der Waals surface area contributed by atoms with Crippen LogP contribution in [-0.4, -0.2) is 6.18 Å². The SMILES string of the molecule is C=CF.FC(F)=C(F)C(F)(F)F.FC(F)=C(F)Cl.FC=C(F)F. The number of halogens is 14. The Labute approximate surface area is 124 Å². The molecule has 0 radical (unpaired) electrons. The van der Waals surface area contributed by atoms with Crippen LogP contribution in [0.25, 0.3) is 0 Å². The molecule has 0 aromatic carbocycles. The van der Waals surface area contributed by atoms with E-state index in [9.17, 15) is 57.1 Å². The first kappa shape index (κ1) is 29.4. The van der Waals surface area contributed by atoms with Gasteiger partial charge in [-0.25, -0.2) is 8.78 Å². The van der Waals surface area contributed by atoms with Gasteiger partial charge in [-0.2, -0.15) is 48.3 Å². The van der Waals surface area contributed by atoms with E-state index in [2.05, 4.69) is 18.2 Å². The first-order valence-electron chi connectivity index (χ1n) is 4.15. The fourth-order valence-electron chi connectivity index (χ4n) is 0.107.